The molecule has 1 N–H and O–H groups in total. The van der Waals surface area contributed by atoms with Gasteiger partial charge in [-0.2, -0.15) is 0 Å². The molecule has 0 aromatic heterocycles. The Bertz CT molecular complexity index is 182. The Morgan fingerprint density at radius 2 is 2.21 bits per heavy atom. The van der Waals surface area contributed by atoms with Gasteiger partial charge in [0.05, 0.1) is 18.8 Å². The summed E-state index contributed by atoms with van der Waals surface area (Å²) in [4.78, 5) is 2.41. The predicted octanol–water partition coefficient (Wildman–Crippen LogP) is 1.01. The summed E-state index contributed by atoms with van der Waals surface area (Å²) < 4.78 is 5.77. The second-order valence-corrected chi connectivity index (χ2v) is 4.61. The molecular formula is C11H21NO2. The number of hydrogen-bond acceptors (Lipinski definition) is 3. The fraction of sp³-hybridized carbons (Fsp3) is 1.00. The number of hydrogen-bond donors (Lipinski definition) is 1. The summed E-state index contributed by atoms with van der Waals surface area (Å²) >= 11 is 0. The number of ether oxygens (including phenoxy) is 1. The van der Waals surface area contributed by atoms with Crippen LogP contribution in [0.4, 0.5) is 0 Å². The second kappa shape index (κ2) is 4.60. The van der Waals surface area contributed by atoms with Crippen LogP contribution in [-0.4, -0.2) is 48.0 Å². The third-order valence-electron chi connectivity index (χ3n) is 3.35. The van der Waals surface area contributed by atoms with Crippen LogP contribution in [0.1, 0.15) is 32.6 Å². The Morgan fingerprint density at radius 3 is 3.00 bits per heavy atom. The largest absolute Gasteiger partial charge is 0.392 e. The molecule has 0 spiro atoms. The lowest BCUT2D eigenvalue weighted by molar-refractivity contribution is -0.0959. The van der Waals surface area contributed by atoms with Crippen molar-refractivity contribution in [3.63, 3.8) is 0 Å². The van der Waals surface area contributed by atoms with Gasteiger partial charge in [-0.25, -0.2) is 0 Å². The van der Waals surface area contributed by atoms with E-state index in [1.54, 1.807) is 0 Å². The molecule has 3 heteroatoms. The van der Waals surface area contributed by atoms with Gasteiger partial charge in [-0.15, -0.1) is 0 Å². The molecule has 0 aromatic carbocycles. The zero-order chi connectivity index (χ0) is 9.97. The number of β-amino-alcohol motifs (C(OH)–C–C–N with tert-alkyl or cyclic N) is 1. The van der Waals surface area contributed by atoms with Crippen molar-refractivity contribution in [1.82, 2.24) is 4.90 Å². The van der Waals surface area contributed by atoms with Crippen LogP contribution in [0, 0.1) is 0 Å². The summed E-state index contributed by atoms with van der Waals surface area (Å²) in [6.45, 7) is 4.51. The Kier molecular flexibility index (Phi) is 3.42. The van der Waals surface area contributed by atoms with Crippen LogP contribution >= 0.6 is 0 Å². The number of aliphatic hydroxyl groups is 1. The molecule has 1 heterocycles. The molecule has 2 aliphatic rings. The first-order valence-corrected chi connectivity index (χ1v) is 5.81. The van der Waals surface area contributed by atoms with Gasteiger partial charge >= 0.3 is 0 Å². The summed E-state index contributed by atoms with van der Waals surface area (Å²) in [5, 5.41) is 9.41. The van der Waals surface area contributed by atoms with E-state index in [1.165, 1.54) is 25.7 Å². The zero-order valence-corrected chi connectivity index (χ0v) is 8.98. The molecule has 3 nitrogen and oxygen atoms in total. The number of nitrogens with zero attached hydrogens (tertiary/aromatic N) is 1. The fourth-order valence-electron chi connectivity index (χ4n) is 2.74. The fourth-order valence-corrected chi connectivity index (χ4v) is 2.74. The second-order valence-electron chi connectivity index (χ2n) is 4.61. The van der Waals surface area contributed by atoms with Crippen molar-refractivity contribution in [1.29, 1.82) is 0 Å². The van der Waals surface area contributed by atoms with E-state index >= 15 is 0 Å². The van der Waals surface area contributed by atoms with Crippen molar-refractivity contribution < 1.29 is 9.84 Å². The van der Waals surface area contributed by atoms with Crippen molar-refractivity contribution in [2.75, 3.05) is 19.7 Å². The summed E-state index contributed by atoms with van der Waals surface area (Å²) in [6, 6.07) is 0.576. The molecule has 1 saturated heterocycles. The van der Waals surface area contributed by atoms with Crippen molar-refractivity contribution in [2.45, 2.75) is 50.9 Å². The van der Waals surface area contributed by atoms with Crippen LogP contribution in [0.25, 0.3) is 0 Å². The highest BCUT2D eigenvalue weighted by Gasteiger charge is 2.34. The Labute approximate surface area is 86.0 Å². The highest BCUT2D eigenvalue weighted by Crippen LogP contribution is 2.28. The summed E-state index contributed by atoms with van der Waals surface area (Å²) in [5.41, 5.74) is 0. The molecular weight excluding hydrogens is 178 g/mol. The van der Waals surface area contributed by atoms with Gasteiger partial charge in [-0.1, -0.05) is 12.8 Å². The van der Waals surface area contributed by atoms with Crippen LogP contribution < -0.4 is 0 Å². The van der Waals surface area contributed by atoms with Gasteiger partial charge in [-0.3, -0.25) is 4.90 Å². The van der Waals surface area contributed by atoms with Gasteiger partial charge in [0, 0.05) is 19.1 Å². The maximum Gasteiger partial charge on any atom is 0.0730 e. The Balaban J connectivity index is 1.94. The number of rotatable bonds is 2. The van der Waals surface area contributed by atoms with Gasteiger partial charge in [-0.05, 0) is 19.8 Å². The first kappa shape index (κ1) is 10.4. The van der Waals surface area contributed by atoms with Crippen molar-refractivity contribution in [2.24, 2.45) is 0 Å². The van der Waals surface area contributed by atoms with Gasteiger partial charge < -0.3 is 9.84 Å². The SMILES string of the molecule is C[C@@H](O)CN1CCOC2CCCCC21. The first-order valence-electron chi connectivity index (χ1n) is 5.81. The first-order chi connectivity index (χ1) is 6.77. The number of aliphatic hydroxyl groups excluding tert-OH is 1. The summed E-state index contributed by atoms with van der Waals surface area (Å²) in [6.07, 6.45) is 5.31. The van der Waals surface area contributed by atoms with E-state index in [9.17, 15) is 5.11 Å². The topological polar surface area (TPSA) is 32.7 Å². The molecule has 2 fully saturated rings. The monoisotopic (exact) mass is 199 g/mol. The number of fused-ring (bicyclic) bond motifs is 1. The minimum Gasteiger partial charge on any atom is -0.392 e. The van der Waals surface area contributed by atoms with Crippen LogP contribution in [0.5, 0.6) is 0 Å². The van der Waals surface area contributed by atoms with E-state index < -0.39 is 0 Å². The lowest BCUT2D eigenvalue weighted by atomic mass is 9.90. The van der Waals surface area contributed by atoms with Crippen LogP contribution in [0.15, 0.2) is 0 Å². The van der Waals surface area contributed by atoms with Crippen molar-refractivity contribution in [3.8, 4) is 0 Å². The molecule has 2 unspecified atom stereocenters. The average Bonchev–Trinajstić information content (AvgIpc) is 2.18. The van der Waals surface area contributed by atoms with Gasteiger partial charge in [0.15, 0.2) is 0 Å². The smallest absolute Gasteiger partial charge is 0.0730 e. The third kappa shape index (κ3) is 2.27. The third-order valence-corrected chi connectivity index (χ3v) is 3.35. The van der Waals surface area contributed by atoms with Crippen LogP contribution in [-0.2, 0) is 4.74 Å². The molecule has 1 aliphatic carbocycles. The quantitative estimate of drug-likeness (QED) is 0.720. The minimum absolute atomic E-state index is 0.212. The molecule has 3 atom stereocenters. The van der Waals surface area contributed by atoms with E-state index in [1.807, 2.05) is 6.92 Å². The van der Waals surface area contributed by atoms with Crippen LogP contribution in [0.2, 0.25) is 0 Å². The van der Waals surface area contributed by atoms with Crippen molar-refractivity contribution >= 4 is 0 Å². The molecule has 0 aromatic rings. The molecule has 1 saturated carbocycles. The Morgan fingerprint density at radius 1 is 1.43 bits per heavy atom. The van der Waals surface area contributed by atoms with Gasteiger partial charge in [0.2, 0.25) is 0 Å². The highest BCUT2D eigenvalue weighted by atomic mass is 16.5. The standard InChI is InChI=1S/C11H21NO2/c1-9(13)8-12-6-7-14-11-5-3-2-4-10(11)12/h9-11,13H,2-8H2,1H3/t9-,10?,11?/m1/s1. The Hall–Kier alpha value is -0.120. The van der Waals surface area contributed by atoms with Gasteiger partial charge in [0.1, 0.15) is 0 Å². The molecule has 82 valence electrons. The van der Waals surface area contributed by atoms with Crippen molar-refractivity contribution in [3.05, 3.63) is 0 Å². The highest BCUT2D eigenvalue weighted by molar-refractivity contribution is 4.87. The van der Waals surface area contributed by atoms with E-state index in [0.717, 1.165) is 19.7 Å². The molecule has 2 rings (SSSR count). The van der Waals surface area contributed by atoms with E-state index in [-0.39, 0.29) is 6.10 Å². The van der Waals surface area contributed by atoms with E-state index in [0.29, 0.717) is 12.1 Å². The lowest BCUT2D eigenvalue weighted by Gasteiger charge is -2.44. The normalized spacial score (nSPS) is 36.4. The van der Waals surface area contributed by atoms with E-state index in [2.05, 4.69) is 4.90 Å². The molecule has 0 bridgehead atoms. The summed E-state index contributed by atoms with van der Waals surface area (Å²) in [5.74, 6) is 0. The molecule has 14 heavy (non-hydrogen) atoms. The lowest BCUT2D eigenvalue weighted by Crippen LogP contribution is -2.54. The summed E-state index contributed by atoms with van der Waals surface area (Å²) in [7, 11) is 0. The maximum atomic E-state index is 9.41. The van der Waals surface area contributed by atoms with Crippen LogP contribution in [0.3, 0.4) is 0 Å². The molecule has 1 aliphatic heterocycles. The minimum atomic E-state index is -0.212. The number of morpholine rings is 1. The van der Waals surface area contributed by atoms with E-state index in [4.69, 9.17) is 4.74 Å². The predicted molar refractivity (Wildman–Crippen MR) is 55.2 cm³/mol. The van der Waals surface area contributed by atoms with Gasteiger partial charge in [0.25, 0.3) is 0 Å². The molecule has 0 radical (unpaired) electrons. The molecule has 0 amide bonds. The zero-order valence-electron chi connectivity index (χ0n) is 8.98. The maximum absolute atomic E-state index is 9.41. The average molecular weight is 199 g/mol.